The highest BCUT2D eigenvalue weighted by molar-refractivity contribution is 5.64. The summed E-state index contributed by atoms with van der Waals surface area (Å²) in [6.45, 7) is 3.64. The second-order valence-corrected chi connectivity index (χ2v) is 4.65. The van der Waals surface area contributed by atoms with Gasteiger partial charge in [0.25, 0.3) is 0 Å². The van der Waals surface area contributed by atoms with E-state index < -0.39 is 11.7 Å². The predicted octanol–water partition coefficient (Wildman–Crippen LogP) is 1.58. The summed E-state index contributed by atoms with van der Waals surface area (Å²) >= 11 is 0. The SMILES string of the molecule is CC(C)(O)C1CCC(NC(=O)O)CC1. The van der Waals surface area contributed by atoms with Gasteiger partial charge >= 0.3 is 6.09 Å². The predicted molar refractivity (Wildman–Crippen MR) is 53.2 cm³/mol. The molecule has 0 atom stereocenters. The number of carboxylic acid groups (broad SMARTS) is 1. The van der Waals surface area contributed by atoms with Gasteiger partial charge in [-0.15, -0.1) is 0 Å². The van der Waals surface area contributed by atoms with Gasteiger partial charge in [0.15, 0.2) is 0 Å². The number of hydrogen-bond donors (Lipinski definition) is 3. The highest BCUT2D eigenvalue weighted by Crippen LogP contribution is 2.32. The lowest BCUT2D eigenvalue weighted by Crippen LogP contribution is -2.41. The normalized spacial score (nSPS) is 28.5. The molecule has 1 amide bonds. The van der Waals surface area contributed by atoms with Crippen molar-refractivity contribution in [2.75, 3.05) is 0 Å². The molecule has 1 fully saturated rings. The van der Waals surface area contributed by atoms with Crippen LogP contribution in [0.15, 0.2) is 0 Å². The molecule has 0 spiro atoms. The minimum Gasteiger partial charge on any atom is -0.465 e. The third-order valence-electron chi connectivity index (χ3n) is 3.05. The zero-order valence-electron chi connectivity index (χ0n) is 8.79. The van der Waals surface area contributed by atoms with Gasteiger partial charge in [0.2, 0.25) is 0 Å². The summed E-state index contributed by atoms with van der Waals surface area (Å²) < 4.78 is 0. The number of carbonyl (C=O) groups is 1. The van der Waals surface area contributed by atoms with E-state index in [-0.39, 0.29) is 6.04 Å². The van der Waals surface area contributed by atoms with E-state index in [1.54, 1.807) is 0 Å². The maximum Gasteiger partial charge on any atom is 0.404 e. The summed E-state index contributed by atoms with van der Waals surface area (Å²) in [6, 6.07) is 0.0751. The van der Waals surface area contributed by atoms with Crippen LogP contribution in [0.25, 0.3) is 0 Å². The van der Waals surface area contributed by atoms with Crippen LogP contribution in [-0.2, 0) is 0 Å². The number of amides is 1. The molecule has 0 radical (unpaired) electrons. The number of aliphatic hydroxyl groups is 1. The van der Waals surface area contributed by atoms with E-state index in [4.69, 9.17) is 5.11 Å². The van der Waals surface area contributed by atoms with Crippen molar-refractivity contribution in [3.8, 4) is 0 Å². The van der Waals surface area contributed by atoms with E-state index in [9.17, 15) is 9.90 Å². The average molecular weight is 201 g/mol. The van der Waals surface area contributed by atoms with Crippen molar-refractivity contribution in [3.63, 3.8) is 0 Å². The van der Waals surface area contributed by atoms with Crippen LogP contribution in [0.2, 0.25) is 0 Å². The summed E-state index contributed by atoms with van der Waals surface area (Å²) in [5.41, 5.74) is -0.631. The Kier molecular flexibility index (Phi) is 3.37. The average Bonchev–Trinajstić information content (AvgIpc) is 2.02. The zero-order valence-corrected chi connectivity index (χ0v) is 8.79. The van der Waals surface area contributed by atoms with E-state index >= 15 is 0 Å². The van der Waals surface area contributed by atoms with E-state index in [2.05, 4.69) is 5.32 Å². The van der Waals surface area contributed by atoms with Gasteiger partial charge in [-0.2, -0.15) is 0 Å². The van der Waals surface area contributed by atoms with Crippen LogP contribution < -0.4 is 5.32 Å². The molecule has 3 N–H and O–H groups in total. The molecule has 4 heteroatoms. The summed E-state index contributed by atoms with van der Waals surface area (Å²) in [6.07, 6.45) is 2.52. The third-order valence-corrected chi connectivity index (χ3v) is 3.05. The van der Waals surface area contributed by atoms with Crippen molar-refractivity contribution >= 4 is 6.09 Å². The first kappa shape index (κ1) is 11.3. The summed E-state index contributed by atoms with van der Waals surface area (Å²) in [5, 5.41) is 20.8. The second-order valence-electron chi connectivity index (χ2n) is 4.65. The minimum atomic E-state index is -0.947. The van der Waals surface area contributed by atoms with Crippen molar-refractivity contribution < 1.29 is 15.0 Å². The Labute approximate surface area is 84.3 Å². The number of rotatable bonds is 2. The molecule has 1 saturated carbocycles. The molecule has 1 rings (SSSR count). The van der Waals surface area contributed by atoms with E-state index in [1.807, 2.05) is 13.8 Å². The summed E-state index contributed by atoms with van der Waals surface area (Å²) in [5.74, 6) is 0.300. The zero-order chi connectivity index (χ0) is 10.8. The standard InChI is InChI=1S/C10H19NO3/c1-10(2,14)7-3-5-8(6-4-7)11-9(12)13/h7-8,11,14H,3-6H2,1-2H3,(H,12,13). The fourth-order valence-corrected chi connectivity index (χ4v) is 2.12. The Bertz CT molecular complexity index is 202. The molecule has 0 aliphatic heterocycles. The van der Waals surface area contributed by atoms with Crippen LogP contribution in [0.3, 0.4) is 0 Å². The van der Waals surface area contributed by atoms with Gasteiger partial charge in [0.05, 0.1) is 5.60 Å². The molecule has 0 bridgehead atoms. The monoisotopic (exact) mass is 201 g/mol. The van der Waals surface area contributed by atoms with Crippen molar-refractivity contribution in [1.82, 2.24) is 5.32 Å². The molecular weight excluding hydrogens is 182 g/mol. The van der Waals surface area contributed by atoms with Crippen LogP contribution in [-0.4, -0.2) is 27.9 Å². The van der Waals surface area contributed by atoms with Crippen molar-refractivity contribution in [1.29, 1.82) is 0 Å². The lowest BCUT2D eigenvalue weighted by Gasteiger charge is -2.35. The van der Waals surface area contributed by atoms with Crippen LogP contribution in [0.4, 0.5) is 4.79 Å². The Hall–Kier alpha value is -0.770. The van der Waals surface area contributed by atoms with Gasteiger partial charge in [-0.25, -0.2) is 4.79 Å². The van der Waals surface area contributed by atoms with Crippen LogP contribution in [0.1, 0.15) is 39.5 Å². The first-order chi connectivity index (χ1) is 6.39. The molecule has 0 saturated heterocycles. The highest BCUT2D eigenvalue weighted by atomic mass is 16.4. The lowest BCUT2D eigenvalue weighted by molar-refractivity contribution is -0.00254. The lowest BCUT2D eigenvalue weighted by atomic mass is 9.77. The number of hydrogen-bond acceptors (Lipinski definition) is 2. The molecule has 0 aromatic rings. The molecule has 0 aromatic heterocycles. The maximum atomic E-state index is 10.4. The quantitative estimate of drug-likeness (QED) is 0.635. The minimum absolute atomic E-state index is 0.0751. The first-order valence-electron chi connectivity index (χ1n) is 5.11. The molecule has 0 unspecified atom stereocenters. The van der Waals surface area contributed by atoms with E-state index in [0.29, 0.717) is 5.92 Å². The largest absolute Gasteiger partial charge is 0.465 e. The van der Waals surface area contributed by atoms with Gasteiger partial charge in [0, 0.05) is 6.04 Å². The molecule has 0 heterocycles. The Morgan fingerprint density at radius 2 is 1.79 bits per heavy atom. The molecule has 1 aliphatic carbocycles. The van der Waals surface area contributed by atoms with Crippen LogP contribution in [0, 0.1) is 5.92 Å². The van der Waals surface area contributed by atoms with Gasteiger partial charge in [-0.05, 0) is 45.4 Å². The molecular formula is C10H19NO3. The van der Waals surface area contributed by atoms with Gasteiger partial charge < -0.3 is 15.5 Å². The summed E-state index contributed by atoms with van der Waals surface area (Å²) in [4.78, 5) is 10.4. The van der Waals surface area contributed by atoms with Gasteiger partial charge in [0.1, 0.15) is 0 Å². The van der Waals surface area contributed by atoms with Crippen LogP contribution in [0.5, 0.6) is 0 Å². The third kappa shape index (κ3) is 3.18. The molecule has 14 heavy (non-hydrogen) atoms. The van der Waals surface area contributed by atoms with Crippen molar-refractivity contribution in [2.24, 2.45) is 5.92 Å². The molecule has 1 aliphatic rings. The smallest absolute Gasteiger partial charge is 0.404 e. The fourth-order valence-electron chi connectivity index (χ4n) is 2.12. The van der Waals surface area contributed by atoms with Crippen molar-refractivity contribution in [2.45, 2.75) is 51.2 Å². The molecule has 0 aromatic carbocycles. The van der Waals surface area contributed by atoms with Crippen LogP contribution >= 0.6 is 0 Å². The van der Waals surface area contributed by atoms with Crippen molar-refractivity contribution in [3.05, 3.63) is 0 Å². The Morgan fingerprint density at radius 3 is 2.14 bits per heavy atom. The Morgan fingerprint density at radius 1 is 1.29 bits per heavy atom. The van der Waals surface area contributed by atoms with E-state index in [0.717, 1.165) is 25.7 Å². The Balaban J connectivity index is 2.35. The number of nitrogens with one attached hydrogen (secondary N) is 1. The topological polar surface area (TPSA) is 69.6 Å². The van der Waals surface area contributed by atoms with E-state index in [1.165, 1.54) is 0 Å². The molecule has 4 nitrogen and oxygen atoms in total. The van der Waals surface area contributed by atoms with Gasteiger partial charge in [-0.1, -0.05) is 0 Å². The van der Waals surface area contributed by atoms with Gasteiger partial charge in [-0.3, -0.25) is 0 Å². The first-order valence-corrected chi connectivity index (χ1v) is 5.11. The second kappa shape index (κ2) is 4.17. The fraction of sp³-hybridized carbons (Fsp3) is 0.900. The highest BCUT2D eigenvalue weighted by Gasteiger charge is 2.31. The molecule has 82 valence electrons. The maximum absolute atomic E-state index is 10.4. The summed E-state index contributed by atoms with van der Waals surface area (Å²) in [7, 11) is 0.